The molecular formula is C29H49NO5. The largest absolute Gasteiger partial charge is 0.468 e. The fourth-order valence-electron chi connectivity index (χ4n) is 9.82. The molecule has 0 spiro atoms. The first-order valence-corrected chi connectivity index (χ1v) is 14.3. The monoisotopic (exact) mass is 491 g/mol. The first-order valence-electron chi connectivity index (χ1n) is 14.3. The van der Waals surface area contributed by atoms with Crippen LogP contribution in [0.15, 0.2) is 0 Å². The van der Waals surface area contributed by atoms with Gasteiger partial charge in [0.1, 0.15) is 6.54 Å². The molecule has 0 aromatic heterocycles. The molecule has 0 aliphatic heterocycles. The fourth-order valence-corrected chi connectivity index (χ4v) is 9.82. The molecule has 200 valence electrons. The number of aliphatic hydroxyl groups is 2. The van der Waals surface area contributed by atoms with Gasteiger partial charge in [0.2, 0.25) is 5.91 Å². The van der Waals surface area contributed by atoms with Crippen LogP contribution in [0.5, 0.6) is 0 Å². The van der Waals surface area contributed by atoms with Crippen molar-refractivity contribution in [2.45, 2.75) is 104 Å². The third kappa shape index (κ3) is 4.67. The summed E-state index contributed by atoms with van der Waals surface area (Å²) in [6, 6.07) is 0. The molecule has 0 heterocycles. The smallest absolute Gasteiger partial charge is 0.325 e. The van der Waals surface area contributed by atoms with Gasteiger partial charge in [-0.1, -0.05) is 34.1 Å². The minimum Gasteiger partial charge on any atom is -0.468 e. The van der Waals surface area contributed by atoms with Gasteiger partial charge in [-0.25, -0.2) is 0 Å². The van der Waals surface area contributed by atoms with E-state index in [2.05, 4.69) is 37.7 Å². The van der Waals surface area contributed by atoms with Gasteiger partial charge in [0, 0.05) is 6.42 Å². The lowest BCUT2D eigenvalue weighted by molar-refractivity contribution is -0.203. The summed E-state index contributed by atoms with van der Waals surface area (Å²) in [6.07, 6.45) is 9.36. The summed E-state index contributed by atoms with van der Waals surface area (Å²) in [7, 11) is 1.33. The molecule has 35 heavy (non-hydrogen) atoms. The molecule has 0 aromatic rings. The summed E-state index contributed by atoms with van der Waals surface area (Å²) < 4.78 is 4.61. The number of hydrogen-bond acceptors (Lipinski definition) is 5. The topological polar surface area (TPSA) is 95.9 Å². The average Bonchev–Trinajstić information content (AvgIpc) is 3.19. The molecule has 1 amide bonds. The predicted molar refractivity (Wildman–Crippen MR) is 135 cm³/mol. The fraction of sp³-hybridized carbons (Fsp3) is 0.931. The molecule has 4 saturated carbocycles. The van der Waals surface area contributed by atoms with Crippen molar-refractivity contribution in [2.24, 2.45) is 52.3 Å². The van der Waals surface area contributed by atoms with Crippen molar-refractivity contribution in [3.05, 3.63) is 0 Å². The minimum atomic E-state index is -0.422. The van der Waals surface area contributed by atoms with Crippen LogP contribution < -0.4 is 5.32 Å². The third-order valence-corrected chi connectivity index (χ3v) is 11.6. The molecule has 6 nitrogen and oxygen atoms in total. The van der Waals surface area contributed by atoms with Crippen LogP contribution in [-0.4, -0.2) is 48.0 Å². The van der Waals surface area contributed by atoms with Crippen LogP contribution in [0.25, 0.3) is 0 Å². The van der Waals surface area contributed by atoms with Crippen molar-refractivity contribution in [1.29, 1.82) is 0 Å². The summed E-state index contributed by atoms with van der Waals surface area (Å²) in [5.74, 6) is 2.64. The summed E-state index contributed by atoms with van der Waals surface area (Å²) >= 11 is 0. The maximum absolute atomic E-state index is 12.3. The Morgan fingerprint density at radius 2 is 1.71 bits per heavy atom. The van der Waals surface area contributed by atoms with E-state index in [1.807, 2.05) is 0 Å². The van der Waals surface area contributed by atoms with E-state index in [9.17, 15) is 19.8 Å². The van der Waals surface area contributed by atoms with Gasteiger partial charge in [-0.05, 0) is 104 Å². The molecule has 0 bridgehead atoms. The summed E-state index contributed by atoms with van der Waals surface area (Å²) in [5, 5.41) is 25.0. The number of aliphatic hydroxyl groups excluding tert-OH is 2. The van der Waals surface area contributed by atoms with E-state index in [0.717, 1.165) is 32.1 Å². The Labute approximate surface area is 212 Å². The Balaban J connectivity index is 1.47. The molecular weight excluding hydrogens is 442 g/mol. The molecule has 6 heteroatoms. The van der Waals surface area contributed by atoms with Crippen LogP contribution in [0, 0.1) is 52.3 Å². The van der Waals surface area contributed by atoms with Gasteiger partial charge in [-0.3, -0.25) is 9.59 Å². The second-order valence-corrected chi connectivity index (χ2v) is 13.0. The maximum atomic E-state index is 12.3. The Morgan fingerprint density at radius 1 is 1.03 bits per heavy atom. The van der Waals surface area contributed by atoms with E-state index in [-0.39, 0.29) is 41.4 Å². The number of hydrogen-bond donors (Lipinski definition) is 3. The number of carbonyl (C=O) groups excluding carboxylic acids is 2. The van der Waals surface area contributed by atoms with Crippen molar-refractivity contribution in [3.8, 4) is 0 Å². The highest BCUT2D eigenvalue weighted by molar-refractivity contribution is 5.81. The van der Waals surface area contributed by atoms with E-state index in [0.29, 0.717) is 41.9 Å². The van der Waals surface area contributed by atoms with Crippen molar-refractivity contribution >= 4 is 11.9 Å². The highest BCUT2D eigenvalue weighted by atomic mass is 16.5. The first-order chi connectivity index (χ1) is 16.6. The number of methoxy groups -OCH3 is 1. The van der Waals surface area contributed by atoms with Crippen LogP contribution >= 0.6 is 0 Å². The summed E-state index contributed by atoms with van der Waals surface area (Å²) in [4.78, 5) is 23.6. The van der Waals surface area contributed by atoms with E-state index < -0.39 is 5.97 Å². The minimum absolute atomic E-state index is 0.0662. The number of ether oxygens (including phenoxy) is 1. The quantitative estimate of drug-likeness (QED) is 0.461. The van der Waals surface area contributed by atoms with Crippen LogP contribution in [0.4, 0.5) is 0 Å². The molecule has 4 aliphatic rings. The van der Waals surface area contributed by atoms with E-state index in [1.54, 1.807) is 0 Å². The number of nitrogens with one attached hydrogen (secondary N) is 1. The normalized spacial score (nSPS) is 45.6. The maximum Gasteiger partial charge on any atom is 0.325 e. The molecule has 4 fully saturated rings. The van der Waals surface area contributed by atoms with E-state index >= 15 is 0 Å². The Kier molecular flexibility index (Phi) is 7.93. The van der Waals surface area contributed by atoms with Crippen molar-refractivity contribution in [2.75, 3.05) is 13.7 Å². The van der Waals surface area contributed by atoms with Gasteiger partial charge in [0.05, 0.1) is 19.3 Å². The van der Waals surface area contributed by atoms with Gasteiger partial charge < -0.3 is 20.3 Å². The molecule has 4 unspecified atom stereocenters. The van der Waals surface area contributed by atoms with Crippen molar-refractivity contribution < 1.29 is 24.5 Å². The second-order valence-electron chi connectivity index (χ2n) is 13.0. The second kappa shape index (κ2) is 10.3. The van der Waals surface area contributed by atoms with Crippen LogP contribution in [0.1, 0.15) is 91.9 Å². The van der Waals surface area contributed by atoms with Crippen LogP contribution in [0.2, 0.25) is 0 Å². The number of rotatable bonds is 7. The van der Waals surface area contributed by atoms with Gasteiger partial charge in [0.25, 0.3) is 0 Å². The first kappa shape index (κ1) is 26.9. The lowest BCUT2D eigenvalue weighted by atomic mass is 9.41. The third-order valence-electron chi connectivity index (χ3n) is 11.6. The number of esters is 1. The van der Waals surface area contributed by atoms with Crippen LogP contribution in [-0.2, 0) is 14.3 Å². The molecule has 0 aromatic carbocycles. The lowest BCUT2D eigenvalue weighted by Gasteiger charge is -2.64. The van der Waals surface area contributed by atoms with Gasteiger partial charge in [0.15, 0.2) is 0 Å². The number of amides is 1. The number of carbonyl (C=O) groups is 2. The summed E-state index contributed by atoms with van der Waals surface area (Å²) in [6.45, 7) is 9.42. The zero-order valence-corrected chi connectivity index (χ0v) is 22.6. The SMILES string of the molecule is CC[C@@H]1C2C[C@H](O)CCC2(C)[C@H]2CCC3(C)C([C@H](C)CCC(=O)NCC(=O)OC)CC[C@H]3[C@@H]2[C@@H]1O. The standard InChI is InChI=1S/C29H49NO5/c1-6-19-23-15-18(31)11-13-29(23,4)22-12-14-28(3)20(8-9-21(28)26(22)27(19)34)17(2)7-10-24(32)30-16-25(33)35-5/h17-23,26-27,31,34H,6-16H2,1-5H3,(H,30,32)/t17-,18-,19-,20?,21+,22+,23?,26+,27-,28?,29?/m1/s1. The Morgan fingerprint density at radius 3 is 2.40 bits per heavy atom. The molecule has 11 atom stereocenters. The molecule has 3 N–H and O–H groups in total. The van der Waals surface area contributed by atoms with Gasteiger partial charge >= 0.3 is 5.97 Å². The Bertz CT molecular complexity index is 787. The average molecular weight is 492 g/mol. The lowest BCUT2D eigenvalue weighted by Crippen LogP contribution is -2.62. The predicted octanol–water partition coefficient (Wildman–Crippen LogP) is 4.32. The zero-order valence-electron chi connectivity index (χ0n) is 22.6. The summed E-state index contributed by atoms with van der Waals surface area (Å²) in [5.41, 5.74) is 0.437. The highest BCUT2D eigenvalue weighted by Gasteiger charge is 2.64. The van der Waals surface area contributed by atoms with E-state index in [1.165, 1.54) is 32.8 Å². The molecule has 4 rings (SSSR count). The molecule has 0 radical (unpaired) electrons. The zero-order chi connectivity index (χ0) is 25.5. The molecule has 0 saturated heterocycles. The van der Waals surface area contributed by atoms with Crippen molar-refractivity contribution in [1.82, 2.24) is 5.32 Å². The van der Waals surface area contributed by atoms with E-state index in [4.69, 9.17) is 0 Å². The van der Waals surface area contributed by atoms with Crippen molar-refractivity contribution in [3.63, 3.8) is 0 Å². The van der Waals surface area contributed by atoms with Gasteiger partial charge in [-0.2, -0.15) is 0 Å². The molecule has 4 aliphatic carbocycles. The van der Waals surface area contributed by atoms with Crippen LogP contribution in [0.3, 0.4) is 0 Å². The highest BCUT2D eigenvalue weighted by Crippen LogP contribution is 2.69. The number of fused-ring (bicyclic) bond motifs is 5. The Hall–Kier alpha value is -1.14. The van der Waals surface area contributed by atoms with Gasteiger partial charge in [-0.15, -0.1) is 0 Å².